The topological polar surface area (TPSA) is 54.5 Å². The number of carbonyl (C=O) groups is 3. The molecule has 4 nitrogen and oxygen atoms in total. The normalized spacial score (nSPS) is 21.9. The number of fused-ring (bicyclic) bond motifs is 5. The van der Waals surface area contributed by atoms with Crippen LogP contribution >= 0.6 is 11.6 Å². The molecule has 0 bridgehead atoms. The lowest BCUT2D eigenvalue weighted by molar-refractivity contribution is 0.0664. The van der Waals surface area contributed by atoms with Gasteiger partial charge in [0, 0.05) is 38.9 Å². The minimum absolute atomic E-state index is 0.0933. The summed E-state index contributed by atoms with van der Waals surface area (Å²) in [7, 11) is 0. The average molecular weight is 552 g/mol. The van der Waals surface area contributed by atoms with Gasteiger partial charge in [0.1, 0.15) is 23.1 Å². The second kappa shape index (κ2) is 8.80. The van der Waals surface area contributed by atoms with Crippen molar-refractivity contribution in [2.75, 3.05) is 4.90 Å². The molecule has 4 aromatic rings. The Morgan fingerprint density at radius 2 is 1.48 bits per heavy atom. The number of Topliss-reactive ketones (excluding diaryl/α,β-unsaturated/α-hetero) is 3. The lowest BCUT2D eigenvalue weighted by Gasteiger charge is -2.37. The molecule has 0 aromatic heterocycles. The van der Waals surface area contributed by atoms with Crippen molar-refractivity contribution < 1.29 is 23.2 Å². The molecule has 7 rings (SSSR count). The molecule has 1 aliphatic carbocycles. The predicted octanol–water partition coefficient (Wildman–Crippen LogP) is 6.93. The molecule has 0 saturated carbocycles. The van der Waals surface area contributed by atoms with Gasteiger partial charge in [-0.25, -0.2) is 8.78 Å². The van der Waals surface area contributed by atoms with Gasteiger partial charge in [0.25, 0.3) is 0 Å². The Bertz CT molecular complexity index is 1750. The number of rotatable bonds is 3. The number of nitrogens with zero attached hydrogens (tertiary/aromatic N) is 1. The van der Waals surface area contributed by atoms with Crippen LogP contribution in [0.2, 0.25) is 5.02 Å². The minimum Gasteiger partial charge on any atom is -0.352 e. The van der Waals surface area contributed by atoms with Crippen LogP contribution in [0.25, 0.3) is 6.08 Å². The fourth-order valence-electron chi connectivity index (χ4n) is 6.80. The van der Waals surface area contributed by atoms with Crippen LogP contribution in [0.15, 0.2) is 97.1 Å². The second-order valence-corrected chi connectivity index (χ2v) is 10.7. The molecule has 1 fully saturated rings. The highest BCUT2D eigenvalue weighted by molar-refractivity contribution is 6.32. The molecule has 1 saturated heterocycles. The monoisotopic (exact) mass is 551 g/mol. The molecule has 0 radical (unpaired) electrons. The highest BCUT2D eigenvalue weighted by Crippen LogP contribution is 2.61. The van der Waals surface area contributed by atoms with E-state index in [1.54, 1.807) is 71.6 Å². The Morgan fingerprint density at radius 3 is 2.15 bits per heavy atom. The molecule has 2 heterocycles. The van der Waals surface area contributed by atoms with E-state index in [0.29, 0.717) is 21.8 Å². The highest BCUT2D eigenvalue weighted by Gasteiger charge is 2.71. The van der Waals surface area contributed by atoms with Crippen molar-refractivity contribution in [3.05, 3.63) is 142 Å². The summed E-state index contributed by atoms with van der Waals surface area (Å²) in [4.78, 5) is 45.2. The SMILES string of the molecule is O=C(c1ccc(Cl)cc1)[C@H]1[C@H](c2ccccc2F)C2(C(=O)c3ccccc3C2=O)[C@H]2C=Cc3cc(F)ccc3N12. The maximum Gasteiger partial charge on any atom is 0.185 e. The maximum atomic E-state index is 15.7. The van der Waals surface area contributed by atoms with E-state index in [-0.39, 0.29) is 16.7 Å². The van der Waals surface area contributed by atoms with Crippen LogP contribution in [-0.4, -0.2) is 29.4 Å². The first-order valence-corrected chi connectivity index (χ1v) is 13.2. The fourth-order valence-corrected chi connectivity index (χ4v) is 6.93. The Labute approximate surface area is 233 Å². The second-order valence-electron chi connectivity index (χ2n) is 10.3. The Kier molecular flexibility index (Phi) is 5.41. The zero-order chi connectivity index (χ0) is 27.8. The first-order chi connectivity index (χ1) is 19.3. The number of halogens is 3. The zero-order valence-electron chi connectivity index (χ0n) is 20.9. The van der Waals surface area contributed by atoms with Crippen molar-refractivity contribution >= 4 is 40.7 Å². The van der Waals surface area contributed by atoms with Gasteiger partial charge < -0.3 is 4.90 Å². The van der Waals surface area contributed by atoms with Crippen molar-refractivity contribution in [3.8, 4) is 0 Å². The van der Waals surface area contributed by atoms with E-state index in [2.05, 4.69) is 0 Å². The van der Waals surface area contributed by atoms with Gasteiger partial charge in [-0.15, -0.1) is 0 Å². The third-order valence-electron chi connectivity index (χ3n) is 8.40. The summed E-state index contributed by atoms with van der Waals surface area (Å²) in [5.74, 6) is -3.61. The van der Waals surface area contributed by atoms with E-state index in [1.165, 1.54) is 36.4 Å². The van der Waals surface area contributed by atoms with Gasteiger partial charge in [-0.3, -0.25) is 14.4 Å². The Balaban J connectivity index is 1.56. The van der Waals surface area contributed by atoms with Crippen molar-refractivity contribution in [3.63, 3.8) is 0 Å². The van der Waals surface area contributed by atoms with Crippen LogP contribution in [0.1, 0.15) is 48.1 Å². The first-order valence-electron chi connectivity index (χ1n) is 12.8. The number of ketones is 3. The minimum atomic E-state index is -1.83. The molecule has 2 aliphatic heterocycles. The molecule has 0 unspecified atom stereocenters. The smallest absolute Gasteiger partial charge is 0.185 e. The lowest BCUT2D eigenvalue weighted by Crippen LogP contribution is -2.48. The van der Waals surface area contributed by atoms with E-state index in [1.807, 2.05) is 0 Å². The van der Waals surface area contributed by atoms with Gasteiger partial charge in [-0.05, 0) is 54.1 Å². The van der Waals surface area contributed by atoms with Crippen molar-refractivity contribution in [1.29, 1.82) is 0 Å². The summed E-state index contributed by atoms with van der Waals surface area (Å²) in [6.07, 6.45) is 3.34. The summed E-state index contributed by atoms with van der Waals surface area (Å²) >= 11 is 6.10. The zero-order valence-corrected chi connectivity index (χ0v) is 21.6. The first kappa shape index (κ1) is 24.6. The van der Waals surface area contributed by atoms with Crippen LogP contribution in [0, 0.1) is 17.0 Å². The molecular formula is C33H20ClF2NO3. The van der Waals surface area contributed by atoms with Crippen molar-refractivity contribution in [2.45, 2.75) is 18.0 Å². The largest absolute Gasteiger partial charge is 0.352 e. The number of hydrogen-bond acceptors (Lipinski definition) is 4. The summed E-state index contributed by atoms with van der Waals surface area (Å²) in [5, 5.41) is 0.432. The van der Waals surface area contributed by atoms with Crippen LogP contribution in [-0.2, 0) is 0 Å². The van der Waals surface area contributed by atoms with Crippen LogP contribution in [0.4, 0.5) is 14.5 Å². The molecule has 40 heavy (non-hydrogen) atoms. The quantitative estimate of drug-likeness (QED) is 0.204. The van der Waals surface area contributed by atoms with Gasteiger partial charge in [-0.2, -0.15) is 0 Å². The molecule has 1 spiro atoms. The fraction of sp³-hybridized carbons (Fsp3) is 0.121. The Hall–Kier alpha value is -4.42. The van der Waals surface area contributed by atoms with Gasteiger partial charge in [0.15, 0.2) is 17.3 Å². The standard InChI is InChI=1S/C33H20ClF2NO3/c34-20-12-9-18(10-13-20)30(38)29-28(24-7-3-4-8-25(24)36)33(31(39)22-5-1-2-6-23(22)32(33)40)27-16-11-19-17-21(35)14-15-26(19)37(27)29/h1-17,27-29H/t27-,28+,29-/m1/s1. The third-order valence-corrected chi connectivity index (χ3v) is 8.66. The summed E-state index contributed by atoms with van der Waals surface area (Å²) in [5.41, 5.74) is 0.0106. The Morgan fingerprint density at radius 1 is 0.825 bits per heavy atom. The summed E-state index contributed by atoms with van der Waals surface area (Å²) in [6, 6.07) is 20.8. The predicted molar refractivity (Wildman–Crippen MR) is 148 cm³/mol. The van der Waals surface area contributed by atoms with Gasteiger partial charge in [0.2, 0.25) is 0 Å². The number of anilines is 1. The highest BCUT2D eigenvalue weighted by atomic mass is 35.5. The molecule has 0 amide bonds. The molecule has 196 valence electrons. The van der Waals surface area contributed by atoms with E-state index in [9.17, 15) is 18.8 Å². The van der Waals surface area contributed by atoms with Crippen LogP contribution in [0.3, 0.4) is 0 Å². The van der Waals surface area contributed by atoms with Crippen LogP contribution in [0.5, 0.6) is 0 Å². The maximum absolute atomic E-state index is 15.7. The summed E-state index contributed by atoms with van der Waals surface area (Å²) < 4.78 is 30.0. The van der Waals surface area contributed by atoms with Gasteiger partial charge in [-0.1, -0.05) is 66.2 Å². The van der Waals surface area contributed by atoms with E-state index in [4.69, 9.17) is 11.6 Å². The summed E-state index contributed by atoms with van der Waals surface area (Å²) in [6.45, 7) is 0. The average Bonchev–Trinajstić information content (AvgIpc) is 3.39. The van der Waals surface area contributed by atoms with Gasteiger partial charge in [0.05, 0.1) is 6.04 Å². The van der Waals surface area contributed by atoms with E-state index in [0.717, 1.165) is 0 Å². The number of benzene rings is 4. The molecule has 3 atom stereocenters. The van der Waals surface area contributed by atoms with Crippen molar-refractivity contribution in [1.82, 2.24) is 0 Å². The van der Waals surface area contributed by atoms with Crippen molar-refractivity contribution in [2.24, 2.45) is 5.41 Å². The molecule has 4 aromatic carbocycles. The van der Waals surface area contributed by atoms with Gasteiger partial charge >= 0.3 is 0 Å². The third kappa shape index (κ3) is 3.20. The van der Waals surface area contributed by atoms with Crippen LogP contribution < -0.4 is 4.90 Å². The van der Waals surface area contributed by atoms with E-state index >= 15 is 4.39 Å². The molecule has 3 aliphatic rings. The lowest BCUT2D eigenvalue weighted by atomic mass is 9.64. The molecular weight excluding hydrogens is 532 g/mol. The van der Waals surface area contributed by atoms with E-state index < -0.39 is 52.4 Å². The number of carbonyl (C=O) groups excluding carboxylic acids is 3. The molecule has 0 N–H and O–H groups in total. The molecule has 7 heteroatoms. The number of hydrogen-bond donors (Lipinski definition) is 0.